The van der Waals surface area contributed by atoms with E-state index in [2.05, 4.69) is 15.5 Å². The predicted molar refractivity (Wildman–Crippen MR) is 78.0 cm³/mol. The van der Waals surface area contributed by atoms with Crippen LogP contribution in [0.25, 0.3) is 17.0 Å². The molecule has 1 aliphatic rings. The van der Waals surface area contributed by atoms with Gasteiger partial charge in [-0.05, 0) is 19.9 Å². The molecule has 0 aromatic carbocycles. The first-order valence-electron chi connectivity index (χ1n) is 6.92. The van der Waals surface area contributed by atoms with Crippen molar-refractivity contribution in [1.29, 1.82) is 0 Å². The SMILES string of the molecule is CCOC(=O)c1cc(C2=CCNC2=O)c(-c2cc(C)no2)[nH]1. The van der Waals surface area contributed by atoms with Crippen molar-refractivity contribution in [3.8, 4) is 11.5 Å². The van der Waals surface area contributed by atoms with E-state index in [4.69, 9.17) is 9.26 Å². The molecular weight excluding hydrogens is 286 g/mol. The molecule has 0 radical (unpaired) electrons. The van der Waals surface area contributed by atoms with Crippen LogP contribution in [0.15, 0.2) is 22.7 Å². The number of carbonyl (C=O) groups is 2. The van der Waals surface area contributed by atoms with Crippen molar-refractivity contribution in [1.82, 2.24) is 15.5 Å². The number of esters is 1. The van der Waals surface area contributed by atoms with Crippen LogP contribution in [0.1, 0.15) is 28.7 Å². The average Bonchev–Trinajstić information content (AvgIpc) is 3.17. The Hall–Kier alpha value is -2.83. The molecule has 0 saturated carbocycles. The van der Waals surface area contributed by atoms with E-state index in [9.17, 15) is 9.59 Å². The van der Waals surface area contributed by atoms with Crippen LogP contribution in [0.5, 0.6) is 0 Å². The minimum absolute atomic E-state index is 0.188. The van der Waals surface area contributed by atoms with E-state index in [1.807, 2.05) is 0 Å². The number of H-pyrrole nitrogens is 1. The summed E-state index contributed by atoms with van der Waals surface area (Å²) in [6.45, 7) is 4.26. The van der Waals surface area contributed by atoms with E-state index < -0.39 is 5.97 Å². The molecule has 2 N–H and O–H groups in total. The van der Waals surface area contributed by atoms with Crippen molar-refractivity contribution in [2.75, 3.05) is 13.2 Å². The summed E-state index contributed by atoms with van der Waals surface area (Å²) < 4.78 is 10.2. The lowest BCUT2D eigenvalue weighted by Gasteiger charge is -2.00. The molecule has 1 aliphatic heterocycles. The summed E-state index contributed by atoms with van der Waals surface area (Å²) >= 11 is 0. The number of hydrogen-bond donors (Lipinski definition) is 2. The summed E-state index contributed by atoms with van der Waals surface area (Å²) in [5.41, 5.74) is 2.59. The molecule has 3 rings (SSSR count). The highest BCUT2D eigenvalue weighted by molar-refractivity contribution is 6.23. The minimum Gasteiger partial charge on any atom is -0.461 e. The molecule has 0 aliphatic carbocycles. The van der Waals surface area contributed by atoms with E-state index in [0.717, 1.165) is 0 Å². The van der Waals surface area contributed by atoms with Crippen LogP contribution in [-0.2, 0) is 9.53 Å². The fraction of sp³-hybridized carbons (Fsp3) is 0.267. The third-order valence-electron chi connectivity index (χ3n) is 3.29. The zero-order valence-electron chi connectivity index (χ0n) is 12.2. The largest absolute Gasteiger partial charge is 0.461 e. The lowest BCUT2D eigenvalue weighted by atomic mass is 10.1. The van der Waals surface area contributed by atoms with Gasteiger partial charge in [0.15, 0.2) is 5.76 Å². The maximum absolute atomic E-state index is 11.9. The van der Waals surface area contributed by atoms with Gasteiger partial charge in [-0.15, -0.1) is 0 Å². The second kappa shape index (κ2) is 5.51. The Balaban J connectivity index is 2.10. The lowest BCUT2D eigenvalue weighted by Crippen LogP contribution is -2.16. The maximum Gasteiger partial charge on any atom is 0.354 e. The Morgan fingerprint density at radius 3 is 2.86 bits per heavy atom. The highest BCUT2D eigenvalue weighted by Crippen LogP contribution is 2.31. The first-order valence-corrected chi connectivity index (χ1v) is 6.92. The molecule has 2 aromatic heterocycles. The minimum atomic E-state index is -0.481. The van der Waals surface area contributed by atoms with Gasteiger partial charge in [0.25, 0.3) is 5.91 Å². The molecule has 1 amide bonds. The molecule has 0 atom stereocenters. The molecule has 0 saturated heterocycles. The van der Waals surface area contributed by atoms with Crippen LogP contribution >= 0.6 is 0 Å². The van der Waals surface area contributed by atoms with Crippen LogP contribution in [-0.4, -0.2) is 35.2 Å². The molecular formula is C15H15N3O4. The summed E-state index contributed by atoms with van der Waals surface area (Å²) in [6.07, 6.45) is 1.77. The smallest absolute Gasteiger partial charge is 0.354 e. The second-order valence-corrected chi connectivity index (χ2v) is 4.85. The summed E-state index contributed by atoms with van der Waals surface area (Å²) in [4.78, 5) is 26.8. The summed E-state index contributed by atoms with van der Waals surface area (Å²) in [7, 11) is 0. The fourth-order valence-corrected chi connectivity index (χ4v) is 2.33. The molecule has 3 heterocycles. The van der Waals surface area contributed by atoms with Crippen LogP contribution in [0.4, 0.5) is 0 Å². The van der Waals surface area contributed by atoms with Gasteiger partial charge < -0.3 is 19.6 Å². The van der Waals surface area contributed by atoms with Crippen LogP contribution in [0.3, 0.4) is 0 Å². The Bertz CT molecular complexity index is 770. The molecule has 0 unspecified atom stereocenters. The van der Waals surface area contributed by atoms with Gasteiger partial charge in [0.2, 0.25) is 0 Å². The van der Waals surface area contributed by atoms with E-state index in [0.29, 0.717) is 34.8 Å². The van der Waals surface area contributed by atoms with Crippen molar-refractivity contribution in [2.45, 2.75) is 13.8 Å². The quantitative estimate of drug-likeness (QED) is 0.837. The normalized spacial score (nSPS) is 13.9. The number of nitrogens with zero attached hydrogens (tertiary/aromatic N) is 1. The zero-order valence-corrected chi connectivity index (χ0v) is 12.2. The molecule has 7 heteroatoms. The highest BCUT2D eigenvalue weighted by atomic mass is 16.5. The average molecular weight is 301 g/mol. The van der Waals surface area contributed by atoms with Crippen LogP contribution < -0.4 is 5.32 Å². The van der Waals surface area contributed by atoms with Crippen molar-refractivity contribution in [3.05, 3.63) is 35.2 Å². The molecule has 114 valence electrons. The van der Waals surface area contributed by atoms with Crippen molar-refractivity contribution in [3.63, 3.8) is 0 Å². The number of hydrogen-bond acceptors (Lipinski definition) is 5. The van der Waals surface area contributed by atoms with Crippen molar-refractivity contribution < 1.29 is 18.8 Å². The van der Waals surface area contributed by atoms with Gasteiger partial charge >= 0.3 is 5.97 Å². The standard InChI is InChI=1S/C15H15N3O4/c1-3-21-15(20)11-7-10(9-4-5-16-14(9)19)13(17-11)12-6-8(2)18-22-12/h4,6-7,17H,3,5H2,1-2H3,(H,16,19). The number of carbonyl (C=O) groups excluding carboxylic acids is 2. The number of aromatic amines is 1. The van der Waals surface area contributed by atoms with Gasteiger partial charge in [-0.3, -0.25) is 4.79 Å². The third-order valence-corrected chi connectivity index (χ3v) is 3.29. The van der Waals surface area contributed by atoms with E-state index >= 15 is 0 Å². The monoisotopic (exact) mass is 301 g/mol. The zero-order chi connectivity index (χ0) is 15.7. The van der Waals surface area contributed by atoms with Gasteiger partial charge in [-0.2, -0.15) is 0 Å². The summed E-state index contributed by atoms with van der Waals surface area (Å²) in [5.74, 6) is -0.208. The van der Waals surface area contributed by atoms with E-state index in [-0.39, 0.29) is 18.2 Å². The van der Waals surface area contributed by atoms with Crippen molar-refractivity contribution in [2.24, 2.45) is 0 Å². The Kier molecular flexibility index (Phi) is 3.54. The highest BCUT2D eigenvalue weighted by Gasteiger charge is 2.25. The lowest BCUT2D eigenvalue weighted by molar-refractivity contribution is -0.114. The number of ether oxygens (including phenoxy) is 1. The first kappa shape index (κ1) is 14.1. The predicted octanol–water partition coefficient (Wildman–Crippen LogP) is 1.67. The topological polar surface area (TPSA) is 97.2 Å². The van der Waals surface area contributed by atoms with E-state index in [1.165, 1.54) is 0 Å². The van der Waals surface area contributed by atoms with Gasteiger partial charge in [-0.1, -0.05) is 11.2 Å². The maximum atomic E-state index is 11.9. The first-order chi connectivity index (χ1) is 10.6. The Morgan fingerprint density at radius 1 is 1.45 bits per heavy atom. The number of nitrogens with one attached hydrogen (secondary N) is 2. The number of aromatic nitrogens is 2. The molecule has 2 aromatic rings. The van der Waals surface area contributed by atoms with Gasteiger partial charge in [0.05, 0.1) is 18.0 Å². The molecule has 22 heavy (non-hydrogen) atoms. The number of amides is 1. The summed E-state index contributed by atoms with van der Waals surface area (Å²) in [5, 5.41) is 6.55. The fourth-order valence-electron chi connectivity index (χ4n) is 2.33. The van der Waals surface area contributed by atoms with Crippen LogP contribution in [0.2, 0.25) is 0 Å². The number of aryl methyl sites for hydroxylation is 1. The second-order valence-electron chi connectivity index (χ2n) is 4.85. The third kappa shape index (κ3) is 2.41. The van der Waals surface area contributed by atoms with Gasteiger partial charge in [-0.25, -0.2) is 4.79 Å². The molecule has 0 fully saturated rings. The molecule has 0 bridgehead atoms. The number of rotatable bonds is 4. The molecule has 0 spiro atoms. The van der Waals surface area contributed by atoms with Gasteiger partial charge in [0.1, 0.15) is 5.69 Å². The summed E-state index contributed by atoms with van der Waals surface area (Å²) in [6, 6.07) is 3.33. The Labute approximate surface area is 126 Å². The molecule has 7 nitrogen and oxygen atoms in total. The van der Waals surface area contributed by atoms with E-state index in [1.54, 1.807) is 32.1 Å². The Morgan fingerprint density at radius 2 is 2.27 bits per heavy atom. The van der Waals surface area contributed by atoms with Crippen molar-refractivity contribution >= 4 is 17.4 Å². The van der Waals surface area contributed by atoms with Crippen LogP contribution in [0, 0.1) is 6.92 Å². The van der Waals surface area contributed by atoms with Gasteiger partial charge in [0, 0.05) is 23.7 Å².